The zero-order valence-corrected chi connectivity index (χ0v) is 13.0. The van der Waals surface area contributed by atoms with Gasteiger partial charge in [0.05, 0.1) is 7.11 Å². The van der Waals surface area contributed by atoms with Gasteiger partial charge in [0.1, 0.15) is 5.75 Å². The average molecular weight is 283 g/mol. The predicted octanol–water partition coefficient (Wildman–Crippen LogP) is 3.98. The topological polar surface area (TPSA) is 29.5 Å². The molecule has 3 heteroatoms. The van der Waals surface area contributed by atoms with E-state index in [1.165, 1.54) is 0 Å². The number of methoxy groups -OCH3 is 1. The monoisotopic (exact) mass is 283 g/mol. The SMILES string of the molecule is CCN(C(=O)c1cccc(OC)c1)c1cc(C)ccc1C. The number of amides is 1. The lowest BCUT2D eigenvalue weighted by molar-refractivity contribution is 0.0988. The molecule has 2 aromatic carbocycles. The number of anilines is 1. The fourth-order valence-corrected chi connectivity index (χ4v) is 2.35. The highest BCUT2D eigenvalue weighted by Gasteiger charge is 2.18. The Morgan fingerprint density at radius 3 is 2.57 bits per heavy atom. The first-order valence-corrected chi connectivity index (χ1v) is 7.10. The Hall–Kier alpha value is -2.29. The molecule has 0 saturated heterocycles. The highest BCUT2D eigenvalue weighted by Crippen LogP contribution is 2.24. The van der Waals surface area contributed by atoms with E-state index in [0.29, 0.717) is 17.9 Å². The molecule has 0 aliphatic rings. The van der Waals surface area contributed by atoms with Crippen LogP contribution in [0.4, 0.5) is 5.69 Å². The van der Waals surface area contributed by atoms with Gasteiger partial charge in [-0.05, 0) is 56.2 Å². The van der Waals surface area contributed by atoms with Gasteiger partial charge in [-0.25, -0.2) is 0 Å². The molecule has 0 atom stereocenters. The summed E-state index contributed by atoms with van der Waals surface area (Å²) in [6, 6.07) is 13.4. The van der Waals surface area contributed by atoms with Crippen LogP contribution in [0, 0.1) is 13.8 Å². The van der Waals surface area contributed by atoms with Crippen LogP contribution in [0.25, 0.3) is 0 Å². The highest BCUT2D eigenvalue weighted by atomic mass is 16.5. The van der Waals surface area contributed by atoms with E-state index in [2.05, 4.69) is 12.1 Å². The summed E-state index contributed by atoms with van der Waals surface area (Å²) in [6.45, 7) is 6.67. The first-order valence-electron chi connectivity index (χ1n) is 7.10. The van der Waals surface area contributed by atoms with Crippen LogP contribution in [0.15, 0.2) is 42.5 Å². The minimum Gasteiger partial charge on any atom is -0.497 e. The highest BCUT2D eigenvalue weighted by molar-refractivity contribution is 6.06. The molecule has 1 amide bonds. The third-order valence-corrected chi connectivity index (χ3v) is 3.53. The molecule has 0 bridgehead atoms. The lowest BCUT2D eigenvalue weighted by Gasteiger charge is -2.23. The smallest absolute Gasteiger partial charge is 0.258 e. The van der Waals surface area contributed by atoms with Crippen molar-refractivity contribution in [3.05, 3.63) is 59.2 Å². The second-order valence-corrected chi connectivity index (χ2v) is 5.07. The normalized spacial score (nSPS) is 10.3. The molecule has 2 rings (SSSR count). The molecule has 0 radical (unpaired) electrons. The zero-order chi connectivity index (χ0) is 15.4. The summed E-state index contributed by atoms with van der Waals surface area (Å²) in [7, 11) is 1.60. The van der Waals surface area contributed by atoms with E-state index in [4.69, 9.17) is 4.74 Å². The van der Waals surface area contributed by atoms with Gasteiger partial charge in [0.2, 0.25) is 0 Å². The van der Waals surface area contributed by atoms with E-state index in [9.17, 15) is 4.79 Å². The molecule has 0 unspecified atom stereocenters. The molecule has 2 aromatic rings. The standard InChI is InChI=1S/C18H21NO2/c1-5-19(17-11-13(2)9-10-14(17)3)18(20)15-7-6-8-16(12-15)21-4/h6-12H,5H2,1-4H3. The van der Waals surface area contributed by atoms with E-state index >= 15 is 0 Å². The van der Waals surface area contributed by atoms with Crippen molar-refractivity contribution in [2.45, 2.75) is 20.8 Å². The van der Waals surface area contributed by atoms with Crippen LogP contribution in [0.2, 0.25) is 0 Å². The van der Waals surface area contributed by atoms with Crippen LogP contribution in [-0.2, 0) is 0 Å². The Balaban J connectivity index is 2.40. The minimum atomic E-state index is -0.00917. The number of carbonyl (C=O) groups is 1. The summed E-state index contributed by atoms with van der Waals surface area (Å²) in [5.41, 5.74) is 3.84. The molecule has 0 fully saturated rings. The summed E-state index contributed by atoms with van der Waals surface area (Å²) >= 11 is 0. The van der Waals surface area contributed by atoms with Crippen LogP contribution in [0.1, 0.15) is 28.4 Å². The lowest BCUT2D eigenvalue weighted by Crippen LogP contribution is -2.31. The third kappa shape index (κ3) is 3.24. The van der Waals surface area contributed by atoms with Gasteiger partial charge in [0.25, 0.3) is 5.91 Å². The number of hydrogen-bond acceptors (Lipinski definition) is 2. The number of carbonyl (C=O) groups excluding carboxylic acids is 1. The van der Waals surface area contributed by atoms with Crippen molar-refractivity contribution < 1.29 is 9.53 Å². The number of ether oxygens (including phenoxy) is 1. The third-order valence-electron chi connectivity index (χ3n) is 3.53. The molecule has 3 nitrogen and oxygen atoms in total. The van der Waals surface area contributed by atoms with Gasteiger partial charge in [-0.2, -0.15) is 0 Å². The first kappa shape index (κ1) is 15.1. The Labute approximate surface area is 126 Å². The van der Waals surface area contributed by atoms with Crippen LogP contribution < -0.4 is 9.64 Å². The Bertz CT molecular complexity index is 649. The van der Waals surface area contributed by atoms with Crippen molar-refractivity contribution in [3.8, 4) is 5.75 Å². The van der Waals surface area contributed by atoms with Crippen LogP contribution in [0.5, 0.6) is 5.75 Å². The summed E-state index contributed by atoms with van der Waals surface area (Å²) in [4.78, 5) is 14.6. The molecule has 0 aliphatic heterocycles. The molecule has 0 aromatic heterocycles. The molecule has 21 heavy (non-hydrogen) atoms. The zero-order valence-electron chi connectivity index (χ0n) is 13.0. The molecule has 0 saturated carbocycles. The average Bonchev–Trinajstić information content (AvgIpc) is 2.51. The van der Waals surface area contributed by atoms with E-state index < -0.39 is 0 Å². The Morgan fingerprint density at radius 2 is 1.90 bits per heavy atom. The molecule has 0 spiro atoms. The van der Waals surface area contributed by atoms with E-state index in [1.54, 1.807) is 18.1 Å². The van der Waals surface area contributed by atoms with Gasteiger partial charge in [-0.15, -0.1) is 0 Å². The van der Waals surface area contributed by atoms with Crippen molar-refractivity contribution in [1.82, 2.24) is 0 Å². The Kier molecular flexibility index (Phi) is 4.63. The van der Waals surface area contributed by atoms with Crippen LogP contribution >= 0.6 is 0 Å². The lowest BCUT2D eigenvalue weighted by atomic mass is 10.1. The maximum absolute atomic E-state index is 12.8. The number of rotatable bonds is 4. The molecular formula is C18H21NO2. The van der Waals surface area contributed by atoms with Crippen molar-refractivity contribution in [2.75, 3.05) is 18.6 Å². The van der Waals surface area contributed by atoms with Gasteiger partial charge in [-0.3, -0.25) is 4.79 Å². The maximum atomic E-state index is 12.8. The quantitative estimate of drug-likeness (QED) is 0.849. The Morgan fingerprint density at radius 1 is 1.14 bits per heavy atom. The number of aryl methyl sites for hydroxylation is 2. The summed E-state index contributed by atoms with van der Waals surface area (Å²) in [6.07, 6.45) is 0. The number of hydrogen-bond donors (Lipinski definition) is 0. The predicted molar refractivity (Wildman–Crippen MR) is 86.3 cm³/mol. The van der Waals surface area contributed by atoms with Crippen molar-refractivity contribution in [1.29, 1.82) is 0 Å². The van der Waals surface area contributed by atoms with Gasteiger partial charge < -0.3 is 9.64 Å². The van der Waals surface area contributed by atoms with E-state index in [-0.39, 0.29) is 5.91 Å². The van der Waals surface area contributed by atoms with Crippen molar-refractivity contribution in [3.63, 3.8) is 0 Å². The summed E-state index contributed by atoms with van der Waals surface area (Å²) in [5.74, 6) is 0.683. The van der Waals surface area contributed by atoms with E-state index in [1.807, 2.05) is 45.0 Å². The molecular weight excluding hydrogens is 262 g/mol. The number of nitrogens with zero attached hydrogens (tertiary/aromatic N) is 1. The van der Waals surface area contributed by atoms with Crippen molar-refractivity contribution >= 4 is 11.6 Å². The van der Waals surface area contributed by atoms with Gasteiger partial charge in [-0.1, -0.05) is 18.2 Å². The van der Waals surface area contributed by atoms with Crippen LogP contribution in [-0.4, -0.2) is 19.6 Å². The minimum absolute atomic E-state index is 0.00917. The summed E-state index contributed by atoms with van der Waals surface area (Å²) < 4.78 is 5.20. The summed E-state index contributed by atoms with van der Waals surface area (Å²) in [5, 5.41) is 0. The second-order valence-electron chi connectivity index (χ2n) is 5.07. The number of benzene rings is 2. The molecule has 0 heterocycles. The molecule has 0 N–H and O–H groups in total. The molecule has 110 valence electrons. The van der Waals surface area contributed by atoms with E-state index in [0.717, 1.165) is 16.8 Å². The van der Waals surface area contributed by atoms with Gasteiger partial charge in [0.15, 0.2) is 0 Å². The van der Waals surface area contributed by atoms with Gasteiger partial charge >= 0.3 is 0 Å². The maximum Gasteiger partial charge on any atom is 0.258 e. The second kappa shape index (κ2) is 6.44. The molecule has 0 aliphatic carbocycles. The van der Waals surface area contributed by atoms with Crippen molar-refractivity contribution in [2.24, 2.45) is 0 Å². The first-order chi connectivity index (χ1) is 10.1. The fraction of sp³-hybridized carbons (Fsp3) is 0.278. The largest absolute Gasteiger partial charge is 0.497 e. The van der Waals surface area contributed by atoms with Gasteiger partial charge in [0, 0.05) is 17.8 Å². The fourth-order valence-electron chi connectivity index (χ4n) is 2.35. The van der Waals surface area contributed by atoms with Crippen LogP contribution in [0.3, 0.4) is 0 Å².